The van der Waals surface area contributed by atoms with Crippen molar-refractivity contribution in [1.82, 2.24) is 0 Å². The van der Waals surface area contributed by atoms with E-state index in [1.807, 2.05) is 49.4 Å². The van der Waals surface area contributed by atoms with Crippen LogP contribution in [-0.4, -0.2) is 27.2 Å². The van der Waals surface area contributed by atoms with Gasteiger partial charge in [0.25, 0.3) is 0 Å². The molecule has 3 aromatic carbocycles. The van der Waals surface area contributed by atoms with Crippen LogP contribution in [0, 0.1) is 6.92 Å². The highest BCUT2D eigenvalue weighted by Crippen LogP contribution is 2.25. The van der Waals surface area contributed by atoms with Gasteiger partial charge in [0.1, 0.15) is 5.75 Å². The normalized spacial score (nSPS) is 11.4. The summed E-state index contributed by atoms with van der Waals surface area (Å²) in [6.07, 6.45) is 1.99. The molecule has 0 aromatic heterocycles. The first-order chi connectivity index (χ1) is 13.3. The molecule has 5 nitrogen and oxygen atoms in total. The molecule has 0 radical (unpaired) electrons. The largest absolute Gasteiger partial charge is 0.493 e. The second-order valence-corrected chi connectivity index (χ2v) is 8.74. The minimum absolute atomic E-state index is 0.171. The molecular formula is C22H23NO4S. The molecule has 0 saturated heterocycles. The van der Waals surface area contributed by atoms with Gasteiger partial charge in [0.15, 0.2) is 9.84 Å². The molecule has 0 bridgehead atoms. The SMILES string of the molecule is Cc1ccc(S(C)(=O)=O)cc1NC(=O)CCCOc1cccc2ccccc12. The fourth-order valence-corrected chi connectivity index (χ4v) is 3.56. The van der Waals surface area contributed by atoms with E-state index in [9.17, 15) is 13.2 Å². The van der Waals surface area contributed by atoms with Crippen LogP contribution in [0.3, 0.4) is 0 Å². The lowest BCUT2D eigenvalue weighted by Crippen LogP contribution is -2.14. The van der Waals surface area contributed by atoms with Crippen LogP contribution >= 0.6 is 0 Å². The van der Waals surface area contributed by atoms with Crippen LogP contribution in [0.2, 0.25) is 0 Å². The predicted octanol–water partition coefficient (Wildman–Crippen LogP) is 4.35. The third kappa shape index (κ3) is 4.89. The second kappa shape index (κ2) is 8.44. The van der Waals surface area contributed by atoms with Crippen molar-refractivity contribution in [1.29, 1.82) is 0 Å². The highest BCUT2D eigenvalue weighted by atomic mass is 32.2. The molecular weight excluding hydrogens is 374 g/mol. The molecule has 146 valence electrons. The van der Waals surface area contributed by atoms with Gasteiger partial charge in [-0.3, -0.25) is 4.79 Å². The molecule has 3 aromatic rings. The number of nitrogens with one attached hydrogen (secondary N) is 1. The number of ether oxygens (including phenoxy) is 1. The molecule has 1 N–H and O–H groups in total. The van der Waals surface area contributed by atoms with Crippen molar-refractivity contribution >= 4 is 32.2 Å². The Bertz CT molecular complexity index is 1100. The summed E-state index contributed by atoms with van der Waals surface area (Å²) in [5.41, 5.74) is 1.33. The molecule has 0 atom stereocenters. The summed E-state index contributed by atoms with van der Waals surface area (Å²) >= 11 is 0. The van der Waals surface area contributed by atoms with E-state index in [0.717, 1.165) is 28.3 Å². The van der Waals surface area contributed by atoms with Crippen LogP contribution in [0.15, 0.2) is 65.6 Å². The Kier molecular flexibility index (Phi) is 5.99. The molecule has 0 spiro atoms. The first kappa shape index (κ1) is 19.9. The van der Waals surface area contributed by atoms with Gasteiger partial charge in [0, 0.05) is 23.8 Å². The van der Waals surface area contributed by atoms with E-state index in [1.165, 1.54) is 6.07 Å². The Morgan fingerprint density at radius 3 is 2.57 bits per heavy atom. The van der Waals surface area contributed by atoms with E-state index in [4.69, 9.17) is 4.74 Å². The minimum Gasteiger partial charge on any atom is -0.493 e. The van der Waals surface area contributed by atoms with E-state index in [2.05, 4.69) is 5.32 Å². The lowest BCUT2D eigenvalue weighted by Gasteiger charge is -2.11. The number of benzene rings is 3. The number of fused-ring (bicyclic) bond motifs is 1. The van der Waals surface area contributed by atoms with E-state index in [0.29, 0.717) is 18.7 Å². The van der Waals surface area contributed by atoms with Crippen LogP contribution in [-0.2, 0) is 14.6 Å². The maximum atomic E-state index is 12.2. The Hall–Kier alpha value is -2.86. The summed E-state index contributed by atoms with van der Waals surface area (Å²) in [5, 5.41) is 4.95. The number of anilines is 1. The Morgan fingerprint density at radius 2 is 1.79 bits per heavy atom. The number of hydrogen-bond acceptors (Lipinski definition) is 4. The topological polar surface area (TPSA) is 72.5 Å². The lowest BCUT2D eigenvalue weighted by atomic mass is 10.1. The Labute approximate surface area is 165 Å². The molecule has 1 amide bonds. The summed E-state index contributed by atoms with van der Waals surface area (Å²) < 4.78 is 29.2. The second-order valence-electron chi connectivity index (χ2n) is 6.73. The molecule has 0 saturated carbocycles. The van der Waals surface area contributed by atoms with E-state index < -0.39 is 9.84 Å². The van der Waals surface area contributed by atoms with E-state index >= 15 is 0 Å². The summed E-state index contributed by atoms with van der Waals surface area (Å²) in [6, 6.07) is 18.6. The van der Waals surface area contributed by atoms with E-state index in [1.54, 1.807) is 12.1 Å². The number of carbonyl (C=O) groups excluding carboxylic acids is 1. The summed E-state index contributed by atoms with van der Waals surface area (Å²) in [4.78, 5) is 12.4. The van der Waals surface area contributed by atoms with Gasteiger partial charge in [-0.05, 0) is 42.5 Å². The van der Waals surface area contributed by atoms with Crippen molar-refractivity contribution in [3.8, 4) is 5.75 Å². The first-order valence-corrected chi connectivity index (χ1v) is 10.9. The fourth-order valence-electron chi connectivity index (χ4n) is 2.92. The van der Waals surface area contributed by atoms with Gasteiger partial charge in [0.2, 0.25) is 5.91 Å². The lowest BCUT2D eigenvalue weighted by molar-refractivity contribution is -0.116. The maximum Gasteiger partial charge on any atom is 0.224 e. The van der Waals surface area contributed by atoms with Crippen molar-refractivity contribution in [2.75, 3.05) is 18.2 Å². The molecule has 0 aliphatic heterocycles. The Morgan fingerprint density at radius 1 is 1.04 bits per heavy atom. The fraction of sp³-hybridized carbons (Fsp3) is 0.227. The zero-order valence-corrected chi connectivity index (χ0v) is 16.8. The number of amides is 1. The molecule has 0 aliphatic rings. The molecule has 3 rings (SSSR count). The number of aryl methyl sites for hydroxylation is 1. The average Bonchev–Trinajstić information content (AvgIpc) is 2.66. The molecule has 0 fully saturated rings. The highest BCUT2D eigenvalue weighted by Gasteiger charge is 2.11. The van der Waals surface area contributed by atoms with Crippen LogP contribution in [0.1, 0.15) is 18.4 Å². The molecule has 0 heterocycles. The van der Waals surface area contributed by atoms with E-state index in [-0.39, 0.29) is 17.2 Å². The predicted molar refractivity (Wildman–Crippen MR) is 112 cm³/mol. The zero-order chi connectivity index (χ0) is 20.1. The van der Waals surface area contributed by atoms with Crippen molar-refractivity contribution < 1.29 is 17.9 Å². The Balaban J connectivity index is 1.55. The van der Waals surface area contributed by atoms with Crippen molar-refractivity contribution in [3.63, 3.8) is 0 Å². The van der Waals surface area contributed by atoms with Crippen molar-refractivity contribution in [2.24, 2.45) is 0 Å². The number of rotatable bonds is 7. The third-order valence-electron chi connectivity index (χ3n) is 4.47. The highest BCUT2D eigenvalue weighted by molar-refractivity contribution is 7.90. The number of sulfone groups is 1. The summed E-state index contributed by atoms with van der Waals surface area (Å²) in [6.45, 7) is 2.25. The zero-order valence-electron chi connectivity index (χ0n) is 15.9. The smallest absolute Gasteiger partial charge is 0.224 e. The van der Waals surface area contributed by atoms with Crippen LogP contribution in [0.25, 0.3) is 10.8 Å². The van der Waals surface area contributed by atoms with Gasteiger partial charge in [-0.1, -0.05) is 42.5 Å². The summed E-state index contributed by atoms with van der Waals surface area (Å²) in [5.74, 6) is 0.630. The minimum atomic E-state index is -3.32. The molecule has 0 unspecified atom stereocenters. The quantitative estimate of drug-likeness (QED) is 0.602. The number of carbonyl (C=O) groups is 1. The van der Waals surface area contributed by atoms with Crippen LogP contribution in [0.4, 0.5) is 5.69 Å². The monoisotopic (exact) mass is 397 g/mol. The first-order valence-electron chi connectivity index (χ1n) is 9.06. The van der Waals surface area contributed by atoms with Crippen molar-refractivity contribution in [2.45, 2.75) is 24.7 Å². The van der Waals surface area contributed by atoms with Crippen LogP contribution < -0.4 is 10.1 Å². The van der Waals surface area contributed by atoms with Gasteiger partial charge in [-0.2, -0.15) is 0 Å². The molecule has 6 heteroatoms. The third-order valence-corrected chi connectivity index (χ3v) is 5.58. The number of hydrogen-bond donors (Lipinski definition) is 1. The van der Waals surface area contributed by atoms with Crippen LogP contribution in [0.5, 0.6) is 5.75 Å². The van der Waals surface area contributed by atoms with Gasteiger partial charge in [0.05, 0.1) is 11.5 Å². The van der Waals surface area contributed by atoms with Gasteiger partial charge >= 0.3 is 0 Å². The standard InChI is InChI=1S/C22H23NO4S/c1-16-12-13-18(28(2,25)26)15-20(16)23-22(24)11-6-14-27-21-10-5-8-17-7-3-4-9-19(17)21/h3-5,7-10,12-13,15H,6,11,14H2,1-2H3,(H,23,24). The summed E-state index contributed by atoms with van der Waals surface area (Å²) in [7, 11) is -3.32. The molecule has 0 aliphatic carbocycles. The average molecular weight is 397 g/mol. The van der Waals surface area contributed by atoms with Gasteiger partial charge in [-0.15, -0.1) is 0 Å². The van der Waals surface area contributed by atoms with Gasteiger partial charge in [-0.25, -0.2) is 8.42 Å². The van der Waals surface area contributed by atoms with Crippen molar-refractivity contribution in [3.05, 3.63) is 66.2 Å². The maximum absolute atomic E-state index is 12.2. The molecule has 28 heavy (non-hydrogen) atoms. The van der Waals surface area contributed by atoms with Gasteiger partial charge < -0.3 is 10.1 Å².